The number of aryl methyl sites for hydroxylation is 4. The van der Waals surface area contributed by atoms with Crippen molar-refractivity contribution in [1.82, 2.24) is 19.7 Å². The van der Waals surface area contributed by atoms with Gasteiger partial charge in [0.05, 0.1) is 17.9 Å². The lowest BCUT2D eigenvalue weighted by molar-refractivity contribution is 0.219. The van der Waals surface area contributed by atoms with Gasteiger partial charge in [-0.1, -0.05) is 12.2 Å². The van der Waals surface area contributed by atoms with Crippen LogP contribution in [0.4, 0.5) is 4.79 Å². The average molecular weight is 300 g/mol. The Balaban J connectivity index is 2.00. The smallest absolute Gasteiger partial charge is 0.276 e. The van der Waals surface area contributed by atoms with Crippen LogP contribution in [-0.2, 0) is 6.54 Å². The van der Waals surface area contributed by atoms with Gasteiger partial charge in [0.1, 0.15) is 4.99 Å². The van der Waals surface area contributed by atoms with Crippen LogP contribution in [0.5, 0.6) is 0 Å². The van der Waals surface area contributed by atoms with Gasteiger partial charge in [-0.25, -0.2) is 4.79 Å². The number of aromatic nitrogens is 3. The molecule has 1 amide bonds. The minimum Gasteiger partial charge on any atom is -0.276 e. The third-order valence-electron chi connectivity index (χ3n) is 3.61. The van der Waals surface area contributed by atoms with Gasteiger partial charge in [-0.15, -0.1) is 0 Å². The maximum Gasteiger partial charge on any atom is 0.350 e. The molecule has 2 aromatic rings. The molecule has 0 saturated carbocycles. The van der Waals surface area contributed by atoms with Gasteiger partial charge >= 0.3 is 6.03 Å². The van der Waals surface area contributed by atoms with Crippen LogP contribution < -0.4 is 0 Å². The Hall–Kier alpha value is -2.08. The Kier molecular flexibility index (Phi) is 3.13. The summed E-state index contributed by atoms with van der Waals surface area (Å²) in [5.74, 6) is 0. The van der Waals surface area contributed by atoms with Gasteiger partial charge in [-0.05, 0) is 45.4 Å². The van der Waals surface area contributed by atoms with Gasteiger partial charge in [0.15, 0.2) is 0 Å². The number of pyridine rings is 1. The molecule has 2 aromatic heterocycles. The molecule has 21 heavy (non-hydrogen) atoms. The van der Waals surface area contributed by atoms with Crippen molar-refractivity contribution in [2.45, 2.75) is 34.2 Å². The standard InChI is InChI=1S/C15H16N4OS/c1-8-5-9(2)16-12-7-18(14(21)13(8)12)15(20)19-11(4)6-10(3)17-19/h5-6H,7H2,1-4H3. The normalized spacial score (nSPS) is 13.7. The molecule has 0 bridgehead atoms. The van der Waals surface area contributed by atoms with E-state index in [9.17, 15) is 4.79 Å². The van der Waals surface area contributed by atoms with Gasteiger partial charge in [0.2, 0.25) is 0 Å². The molecule has 0 N–H and O–H groups in total. The molecule has 108 valence electrons. The summed E-state index contributed by atoms with van der Waals surface area (Å²) in [6, 6.07) is 3.64. The number of carbonyl (C=O) groups is 1. The fraction of sp³-hybridized carbons (Fsp3) is 0.333. The van der Waals surface area contributed by atoms with Crippen LogP contribution in [0.3, 0.4) is 0 Å². The predicted molar refractivity (Wildman–Crippen MR) is 83.4 cm³/mol. The van der Waals surface area contributed by atoms with Gasteiger partial charge < -0.3 is 0 Å². The first-order chi connectivity index (χ1) is 9.88. The molecule has 0 saturated heterocycles. The quantitative estimate of drug-likeness (QED) is 0.702. The molecule has 0 atom stereocenters. The molecule has 0 radical (unpaired) electrons. The molecule has 0 aliphatic carbocycles. The maximum atomic E-state index is 12.7. The van der Waals surface area contributed by atoms with Crippen molar-refractivity contribution in [3.05, 3.63) is 46.0 Å². The van der Waals surface area contributed by atoms with E-state index >= 15 is 0 Å². The predicted octanol–water partition coefficient (Wildman–Crippen LogP) is 2.67. The average Bonchev–Trinajstić information content (AvgIpc) is 2.89. The highest BCUT2D eigenvalue weighted by atomic mass is 32.1. The van der Waals surface area contributed by atoms with Gasteiger partial charge in [0.25, 0.3) is 0 Å². The van der Waals surface area contributed by atoms with E-state index in [0.717, 1.165) is 33.9 Å². The first-order valence-electron chi connectivity index (χ1n) is 6.75. The van der Waals surface area contributed by atoms with Crippen LogP contribution >= 0.6 is 12.2 Å². The molecule has 3 rings (SSSR count). The first-order valence-corrected chi connectivity index (χ1v) is 7.16. The van der Waals surface area contributed by atoms with E-state index in [2.05, 4.69) is 10.1 Å². The molecular formula is C15H16N4OS. The van der Waals surface area contributed by atoms with E-state index in [4.69, 9.17) is 12.2 Å². The van der Waals surface area contributed by atoms with E-state index in [0.29, 0.717) is 11.5 Å². The summed E-state index contributed by atoms with van der Waals surface area (Å²) < 4.78 is 1.40. The summed E-state index contributed by atoms with van der Waals surface area (Å²) in [5, 5.41) is 4.24. The largest absolute Gasteiger partial charge is 0.350 e. The number of hydrogen-bond acceptors (Lipinski definition) is 4. The molecule has 3 heterocycles. The zero-order chi connectivity index (χ0) is 15.3. The summed E-state index contributed by atoms with van der Waals surface area (Å²) in [4.78, 5) is 19.3. The summed E-state index contributed by atoms with van der Waals surface area (Å²) >= 11 is 5.48. The molecule has 1 aliphatic rings. The minimum atomic E-state index is -0.222. The fourth-order valence-electron chi connectivity index (χ4n) is 2.77. The second-order valence-corrected chi connectivity index (χ2v) is 5.80. The number of carbonyl (C=O) groups excluding carboxylic acids is 1. The Morgan fingerprint density at radius 2 is 1.90 bits per heavy atom. The van der Waals surface area contributed by atoms with Gasteiger partial charge in [0, 0.05) is 17.0 Å². The van der Waals surface area contributed by atoms with E-state index < -0.39 is 0 Å². The third kappa shape index (κ3) is 2.15. The van der Waals surface area contributed by atoms with Crippen LogP contribution in [0.15, 0.2) is 12.1 Å². The summed E-state index contributed by atoms with van der Waals surface area (Å²) in [6.07, 6.45) is 0. The van der Waals surface area contributed by atoms with E-state index in [-0.39, 0.29) is 6.03 Å². The van der Waals surface area contributed by atoms with Crippen LogP contribution in [-0.4, -0.2) is 30.7 Å². The summed E-state index contributed by atoms with van der Waals surface area (Å²) in [7, 11) is 0. The summed E-state index contributed by atoms with van der Waals surface area (Å²) in [6.45, 7) is 8.08. The number of fused-ring (bicyclic) bond motifs is 1. The number of hydrogen-bond donors (Lipinski definition) is 0. The van der Waals surface area contributed by atoms with Crippen molar-refractivity contribution >= 4 is 23.2 Å². The Labute approximate surface area is 128 Å². The van der Waals surface area contributed by atoms with E-state index in [1.807, 2.05) is 39.8 Å². The topological polar surface area (TPSA) is 51.0 Å². The van der Waals surface area contributed by atoms with Crippen LogP contribution in [0.25, 0.3) is 0 Å². The van der Waals surface area contributed by atoms with Crippen LogP contribution in [0.2, 0.25) is 0 Å². The molecule has 5 nitrogen and oxygen atoms in total. The maximum absolute atomic E-state index is 12.7. The monoisotopic (exact) mass is 300 g/mol. The van der Waals surface area contributed by atoms with Crippen molar-refractivity contribution in [3.8, 4) is 0 Å². The SMILES string of the molecule is Cc1cc(C)c2c(n1)CN(C(=O)n1nc(C)cc1C)C2=S. The summed E-state index contributed by atoms with van der Waals surface area (Å²) in [5.41, 5.74) is 5.39. The van der Waals surface area contributed by atoms with Gasteiger partial charge in [-0.3, -0.25) is 9.88 Å². The number of rotatable bonds is 0. The lowest BCUT2D eigenvalue weighted by Gasteiger charge is -2.16. The molecule has 0 aromatic carbocycles. The molecular weight excluding hydrogens is 284 g/mol. The lowest BCUT2D eigenvalue weighted by Crippen LogP contribution is -2.35. The molecule has 0 spiro atoms. The fourth-order valence-corrected chi connectivity index (χ4v) is 3.19. The van der Waals surface area contributed by atoms with Gasteiger partial charge in [-0.2, -0.15) is 9.78 Å². The van der Waals surface area contributed by atoms with Crippen molar-refractivity contribution < 1.29 is 4.79 Å². The first kappa shape index (κ1) is 13.9. The Morgan fingerprint density at radius 3 is 2.52 bits per heavy atom. The van der Waals surface area contributed by atoms with Crippen molar-refractivity contribution in [2.24, 2.45) is 0 Å². The van der Waals surface area contributed by atoms with Crippen molar-refractivity contribution in [2.75, 3.05) is 0 Å². The molecule has 1 aliphatic heterocycles. The highest BCUT2D eigenvalue weighted by Crippen LogP contribution is 2.26. The van der Waals surface area contributed by atoms with Crippen LogP contribution in [0, 0.1) is 27.7 Å². The number of amides is 1. The lowest BCUT2D eigenvalue weighted by atomic mass is 10.1. The second-order valence-electron chi connectivity index (χ2n) is 5.42. The minimum absolute atomic E-state index is 0.222. The van der Waals surface area contributed by atoms with Crippen molar-refractivity contribution in [3.63, 3.8) is 0 Å². The third-order valence-corrected chi connectivity index (χ3v) is 4.03. The molecule has 6 heteroatoms. The number of nitrogens with zero attached hydrogens (tertiary/aromatic N) is 4. The van der Waals surface area contributed by atoms with E-state index in [1.54, 1.807) is 4.90 Å². The second kappa shape index (κ2) is 4.73. The zero-order valence-electron chi connectivity index (χ0n) is 12.5. The molecule has 0 unspecified atom stereocenters. The number of thiocarbonyl (C=S) groups is 1. The van der Waals surface area contributed by atoms with Crippen LogP contribution in [0.1, 0.15) is 33.9 Å². The molecule has 0 fully saturated rings. The highest BCUT2D eigenvalue weighted by Gasteiger charge is 2.33. The van der Waals surface area contributed by atoms with E-state index in [1.165, 1.54) is 4.68 Å². The van der Waals surface area contributed by atoms with Crippen molar-refractivity contribution in [1.29, 1.82) is 0 Å². The zero-order valence-corrected chi connectivity index (χ0v) is 13.3. The Bertz CT molecular complexity index is 778. The highest BCUT2D eigenvalue weighted by molar-refractivity contribution is 7.80. The Morgan fingerprint density at radius 1 is 1.19 bits per heavy atom.